The molecule has 6 nitrogen and oxygen atoms in total. The van der Waals surface area contributed by atoms with E-state index >= 15 is 0 Å². The Bertz CT molecular complexity index is 1010. The summed E-state index contributed by atoms with van der Waals surface area (Å²) >= 11 is 11.8. The quantitative estimate of drug-likeness (QED) is 0.576. The Labute approximate surface area is 171 Å². The van der Waals surface area contributed by atoms with Crippen LogP contribution in [-0.2, 0) is 4.79 Å². The number of pyridine rings is 1. The third-order valence-electron chi connectivity index (χ3n) is 3.82. The first-order chi connectivity index (χ1) is 13.5. The minimum atomic E-state index is -0.330. The zero-order chi connectivity index (χ0) is 19.9. The molecule has 3 aromatic rings. The first-order valence-corrected chi connectivity index (χ1v) is 9.27. The lowest BCUT2D eigenvalue weighted by molar-refractivity contribution is -0.123. The fourth-order valence-corrected chi connectivity index (χ4v) is 2.91. The van der Waals surface area contributed by atoms with E-state index in [1.54, 1.807) is 18.2 Å². The van der Waals surface area contributed by atoms with Crippen LogP contribution in [0.3, 0.4) is 0 Å². The van der Waals surface area contributed by atoms with Crippen molar-refractivity contribution in [2.75, 3.05) is 19.7 Å². The van der Waals surface area contributed by atoms with Gasteiger partial charge in [-0.1, -0.05) is 47.5 Å². The molecule has 3 rings (SSSR count). The number of carbonyl (C=O) groups is 2. The number of halogens is 2. The molecule has 28 heavy (non-hydrogen) atoms. The molecule has 1 aromatic heterocycles. The van der Waals surface area contributed by atoms with Crippen molar-refractivity contribution in [3.63, 3.8) is 0 Å². The number of ether oxygens (including phenoxy) is 1. The van der Waals surface area contributed by atoms with Gasteiger partial charge in [-0.15, -0.1) is 0 Å². The highest BCUT2D eigenvalue weighted by molar-refractivity contribution is 6.35. The average Bonchev–Trinajstić information content (AvgIpc) is 2.70. The molecular formula is C20H17Cl2N3O3. The predicted octanol–water partition coefficient (Wildman–Crippen LogP) is 3.47. The lowest BCUT2D eigenvalue weighted by Gasteiger charge is -2.09. The van der Waals surface area contributed by atoms with E-state index in [2.05, 4.69) is 15.6 Å². The molecule has 8 heteroatoms. The number of para-hydroxylation sites is 1. The first kappa shape index (κ1) is 19.9. The van der Waals surface area contributed by atoms with E-state index in [1.807, 2.05) is 30.3 Å². The number of nitrogens with zero attached hydrogens (tertiary/aromatic N) is 1. The summed E-state index contributed by atoms with van der Waals surface area (Å²) in [4.78, 5) is 28.3. The molecule has 0 atom stereocenters. The molecule has 0 aliphatic carbocycles. The van der Waals surface area contributed by atoms with Gasteiger partial charge in [0.2, 0.25) is 0 Å². The van der Waals surface area contributed by atoms with Crippen molar-refractivity contribution >= 4 is 45.9 Å². The van der Waals surface area contributed by atoms with E-state index in [0.29, 0.717) is 21.5 Å². The van der Waals surface area contributed by atoms with E-state index in [9.17, 15) is 9.59 Å². The second kappa shape index (κ2) is 9.39. The average molecular weight is 418 g/mol. The van der Waals surface area contributed by atoms with Crippen molar-refractivity contribution in [2.45, 2.75) is 0 Å². The highest BCUT2D eigenvalue weighted by atomic mass is 35.5. The maximum absolute atomic E-state index is 12.2. The summed E-state index contributed by atoms with van der Waals surface area (Å²) in [7, 11) is 0. The molecule has 0 saturated carbocycles. The molecule has 144 valence electrons. The zero-order valence-corrected chi connectivity index (χ0v) is 16.3. The van der Waals surface area contributed by atoms with Crippen molar-refractivity contribution in [1.82, 2.24) is 15.6 Å². The molecule has 1 heterocycles. The van der Waals surface area contributed by atoms with Gasteiger partial charge in [-0.3, -0.25) is 9.59 Å². The molecule has 0 aliphatic heterocycles. The van der Waals surface area contributed by atoms with Gasteiger partial charge in [0.05, 0.1) is 10.5 Å². The van der Waals surface area contributed by atoms with Crippen molar-refractivity contribution in [3.8, 4) is 5.75 Å². The molecule has 0 spiro atoms. The topological polar surface area (TPSA) is 80.3 Å². The lowest BCUT2D eigenvalue weighted by Crippen LogP contribution is -2.37. The number of hydrogen-bond donors (Lipinski definition) is 2. The van der Waals surface area contributed by atoms with Crippen LogP contribution in [0.15, 0.2) is 54.6 Å². The lowest BCUT2D eigenvalue weighted by atomic mass is 10.2. The van der Waals surface area contributed by atoms with Gasteiger partial charge in [0, 0.05) is 23.5 Å². The van der Waals surface area contributed by atoms with Crippen LogP contribution in [0.2, 0.25) is 10.0 Å². The number of carbonyl (C=O) groups excluding carboxylic acids is 2. The molecule has 0 unspecified atom stereocenters. The third kappa shape index (κ3) is 5.34. The molecular weight excluding hydrogens is 401 g/mol. The second-order valence-corrected chi connectivity index (χ2v) is 6.70. The molecule has 0 saturated heterocycles. The normalized spacial score (nSPS) is 10.5. The minimum Gasteiger partial charge on any atom is -0.482 e. The highest BCUT2D eigenvalue weighted by Gasteiger charge is 2.09. The van der Waals surface area contributed by atoms with Crippen LogP contribution in [0.4, 0.5) is 0 Å². The van der Waals surface area contributed by atoms with Crippen molar-refractivity contribution in [2.24, 2.45) is 0 Å². The van der Waals surface area contributed by atoms with Gasteiger partial charge in [-0.05, 0) is 30.3 Å². The van der Waals surface area contributed by atoms with Crippen molar-refractivity contribution < 1.29 is 14.3 Å². The standard InChI is InChI=1S/C20H17Cl2N3O3/c21-14-6-8-18(15(22)11-14)28-12-19(26)23-9-10-24-20(27)17-7-5-13-3-1-2-4-16(13)25-17/h1-8,11H,9-10,12H2,(H,23,26)(H,24,27). The van der Waals surface area contributed by atoms with Crippen LogP contribution in [0.5, 0.6) is 5.75 Å². The maximum atomic E-state index is 12.2. The molecule has 0 radical (unpaired) electrons. The molecule has 2 amide bonds. The zero-order valence-electron chi connectivity index (χ0n) is 14.7. The fraction of sp³-hybridized carbons (Fsp3) is 0.150. The van der Waals surface area contributed by atoms with Gasteiger partial charge in [0.15, 0.2) is 6.61 Å². The Kier molecular flexibility index (Phi) is 6.68. The molecule has 0 bridgehead atoms. The van der Waals surface area contributed by atoms with Crippen LogP contribution in [0.1, 0.15) is 10.5 Å². The van der Waals surface area contributed by atoms with Gasteiger partial charge >= 0.3 is 0 Å². The van der Waals surface area contributed by atoms with Crippen LogP contribution < -0.4 is 15.4 Å². The van der Waals surface area contributed by atoms with Crippen LogP contribution in [0.25, 0.3) is 10.9 Å². The molecule has 0 fully saturated rings. The predicted molar refractivity (Wildman–Crippen MR) is 109 cm³/mol. The number of fused-ring (bicyclic) bond motifs is 1. The smallest absolute Gasteiger partial charge is 0.269 e. The number of rotatable bonds is 7. The summed E-state index contributed by atoms with van der Waals surface area (Å²) in [6.07, 6.45) is 0. The molecule has 0 aliphatic rings. The third-order valence-corrected chi connectivity index (χ3v) is 4.35. The van der Waals surface area contributed by atoms with E-state index in [-0.39, 0.29) is 31.5 Å². The summed E-state index contributed by atoms with van der Waals surface area (Å²) in [6.45, 7) is 0.332. The number of hydrogen-bond acceptors (Lipinski definition) is 4. The highest BCUT2D eigenvalue weighted by Crippen LogP contribution is 2.27. The summed E-state index contributed by atoms with van der Waals surface area (Å²) < 4.78 is 5.34. The number of amides is 2. The Balaban J connectivity index is 1.40. The van der Waals surface area contributed by atoms with Gasteiger partial charge in [-0.2, -0.15) is 0 Å². The van der Waals surface area contributed by atoms with Gasteiger partial charge in [0.25, 0.3) is 11.8 Å². The second-order valence-electron chi connectivity index (χ2n) is 5.86. The monoisotopic (exact) mass is 417 g/mol. The van der Waals surface area contributed by atoms with E-state index in [0.717, 1.165) is 10.9 Å². The van der Waals surface area contributed by atoms with Crippen molar-refractivity contribution in [3.05, 3.63) is 70.3 Å². The first-order valence-electron chi connectivity index (χ1n) is 8.51. The maximum Gasteiger partial charge on any atom is 0.269 e. The van der Waals surface area contributed by atoms with E-state index in [1.165, 1.54) is 6.07 Å². The Morgan fingerprint density at radius 1 is 0.964 bits per heavy atom. The largest absolute Gasteiger partial charge is 0.482 e. The van der Waals surface area contributed by atoms with E-state index in [4.69, 9.17) is 27.9 Å². The van der Waals surface area contributed by atoms with Gasteiger partial charge in [0.1, 0.15) is 11.4 Å². The summed E-state index contributed by atoms with van der Waals surface area (Å²) in [5, 5.41) is 7.15. The summed E-state index contributed by atoms with van der Waals surface area (Å²) in [5.41, 5.74) is 1.08. The Hall–Kier alpha value is -2.83. The van der Waals surface area contributed by atoms with Gasteiger partial charge in [-0.25, -0.2) is 4.98 Å². The number of benzene rings is 2. The van der Waals surface area contributed by atoms with Crippen LogP contribution in [-0.4, -0.2) is 36.5 Å². The van der Waals surface area contributed by atoms with Crippen LogP contribution in [0, 0.1) is 0 Å². The van der Waals surface area contributed by atoms with E-state index < -0.39 is 0 Å². The van der Waals surface area contributed by atoms with Gasteiger partial charge < -0.3 is 15.4 Å². The molecule has 2 aromatic carbocycles. The molecule has 2 N–H and O–H groups in total. The van der Waals surface area contributed by atoms with Crippen molar-refractivity contribution in [1.29, 1.82) is 0 Å². The SMILES string of the molecule is O=C(COc1ccc(Cl)cc1Cl)NCCNC(=O)c1ccc2ccccc2n1. The summed E-state index contributed by atoms with van der Waals surface area (Å²) in [5.74, 6) is -0.259. The Morgan fingerprint density at radius 3 is 2.57 bits per heavy atom. The number of nitrogens with one attached hydrogen (secondary N) is 2. The fourth-order valence-electron chi connectivity index (χ4n) is 2.45. The minimum absolute atomic E-state index is 0.193. The number of aromatic nitrogens is 1. The van der Waals surface area contributed by atoms with Crippen LogP contribution >= 0.6 is 23.2 Å². The Morgan fingerprint density at radius 2 is 1.75 bits per heavy atom. The summed E-state index contributed by atoms with van der Waals surface area (Å²) in [6, 6.07) is 15.8.